The molecule has 1 aromatic rings. The highest BCUT2D eigenvalue weighted by Gasteiger charge is 2.26. The Kier molecular flexibility index (Phi) is 6.64. The molecule has 1 saturated heterocycles. The van der Waals surface area contributed by atoms with Crippen molar-refractivity contribution in [3.05, 3.63) is 29.8 Å². The Morgan fingerprint density at radius 2 is 2.00 bits per heavy atom. The lowest BCUT2D eigenvalue weighted by atomic mass is 9.97. The smallest absolute Gasteiger partial charge is 0.224 e. The summed E-state index contributed by atoms with van der Waals surface area (Å²) in [5.41, 5.74) is 1.17. The predicted octanol–water partition coefficient (Wildman–Crippen LogP) is 2.39. The summed E-state index contributed by atoms with van der Waals surface area (Å²) < 4.78 is 5.62. The van der Waals surface area contributed by atoms with Crippen molar-refractivity contribution < 1.29 is 14.3 Å². The summed E-state index contributed by atoms with van der Waals surface area (Å²) in [5, 5.41) is 3.00. The zero-order valence-electron chi connectivity index (χ0n) is 14.9. The van der Waals surface area contributed by atoms with Gasteiger partial charge in [-0.1, -0.05) is 12.1 Å². The Bertz CT molecular complexity index is 554. The van der Waals surface area contributed by atoms with Crippen LogP contribution in [0.1, 0.15) is 39.2 Å². The molecule has 24 heavy (non-hydrogen) atoms. The number of hydrogen-bond acceptors (Lipinski definition) is 3. The molecule has 0 aliphatic carbocycles. The number of piperidine rings is 1. The summed E-state index contributed by atoms with van der Waals surface area (Å²) in [7, 11) is 0. The van der Waals surface area contributed by atoms with Gasteiger partial charge >= 0.3 is 0 Å². The molecule has 1 atom stereocenters. The van der Waals surface area contributed by atoms with Crippen molar-refractivity contribution in [1.29, 1.82) is 0 Å². The molecule has 5 nitrogen and oxygen atoms in total. The number of nitrogens with one attached hydrogen (secondary N) is 1. The van der Waals surface area contributed by atoms with Crippen molar-refractivity contribution >= 4 is 11.8 Å². The maximum atomic E-state index is 12.3. The highest BCUT2D eigenvalue weighted by Crippen LogP contribution is 2.17. The third-order valence-electron chi connectivity index (χ3n) is 4.25. The zero-order chi connectivity index (χ0) is 17.5. The zero-order valence-corrected chi connectivity index (χ0v) is 14.9. The minimum absolute atomic E-state index is 0.0520. The number of carbonyl (C=O) groups is 2. The van der Waals surface area contributed by atoms with E-state index in [0.717, 1.165) is 31.6 Å². The van der Waals surface area contributed by atoms with E-state index in [9.17, 15) is 9.59 Å². The number of benzene rings is 1. The molecular formula is C19H28N2O3. The number of hydrogen-bond donors (Lipinski definition) is 1. The number of nitrogens with zero attached hydrogens (tertiary/aromatic N) is 1. The molecule has 132 valence electrons. The fourth-order valence-electron chi connectivity index (χ4n) is 2.96. The van der Waals surface area contributed by atoms with Crippen LogP contribution in [0.2, 0.25) is 0 Å². The van der Waals surface area contributed by atoms with Gasteiger partial charge in [0.05, 0.1) is 12.0 Å². The molecule has 1 aliphatic heterocycles. The third kappa shape index (κ3) is 5.55. The molecule has 1 aliphatic rings. The van der Waals surface area contributed by atoms with Gasteiger partial charge in [-0.15, -0.1) is 0 Å². The van der Waals surface area contributed by atoms with E-state index in [0.29, 0.717) is 13.1 Å². The van der Waals surface area contributed by atoms with E-state index >= 15 is 0 Å². The second-order valence-electron chi connectivity index (χ2n) is 6.66. The highest BCUT2D eigenvalue weighted by atomic mass is 16.5. The van der Waals surface area contributed by atoms with E-state index in [1.807, 2.05) is 38.1 Å². The number of likely N-dealkylation sites (tertiary alicyclic amines) is 1. The van der Waals surface area contributed by atoms with Crippen molar-refractivity contribution in [2.45, 2.75) is 46.1 Å². The fraction of sp³-hybridized carbons (Fsp3) is 0.579. The van der Waals surface area contributed by atoms with Crippen LogP contribution in [0.4, 0.5) is 0 Å². The van der Waals surface area contributed by atoms with Crippen molar-refractivity contribution in [2.75, 3.05) is 19.6 Å². The summed E-state index contributed by atoms with van der Waals surface area (Å²) >= 11 is 0. The van der Waals surface area contributed by atoms with Crippen LogP contribution in [0.25, 0.3) is 0 Å². The van der Waals surface area contributed by atoms with E-state index in [2.05, 4.69) is 5.32 Å². The molecule has 1 aromatic carbocycles. The molecule has 0 bridgehead atoms. The molecule has 0 radical (unpaired) electrons. The van der Waals surface area contributed by atoms with Gasteiger partial charge in [0.25, 0.3) is 0 Å². The first kappa shape index (κ1) is 18.3. The lowest BCUT2D eigenvalue weighted by Crippen LogP contribution is -2.45. The van der Waals surface area contributed by atoms with Gasteiger partial charge in [-0.2, -0.15) is 0 Å². The number of amides is 2. The highest BCUT2D eigenvalue weighted by molar-refractivity contribution is 5.80. The van der Waals surface area contributed by atoms with Crippen LogP contribution < -0.4 is 10.1 Å². The molecule has 5 heteroatoms. The molecule has 0 saturated carbocycles. The van der Waals surface area contributed by atoms with Crippen LogP contribution in [-0.2, 0) is 16.0 Å². The summed E-state index contributed by atoms with van der Waals surface area (Å²) in [4.78, 5) is 25.5. The van der Waals surface area contributed by atoms with Gasteiger partial charge in [0, 0.05) is 26.6 Å². The Labute approximate surface area is 144 Å². The number of rotatable bonds is 6. The third-order valence-corrected chi connectivity index (χ3v) is 4.25. The SMILES string of the molecule is CC(=O)N1CCCC(C(=O)NCCc2ccc(OC(C)C)cc2)C1. The lowest BCUT2D eigenvalue weighted by molar-refractivity contribution is -0.133. The largest absolute Gasteiger partial charge is 0.491 e. The Morgan fingerprint density at radius 1 is 1.29 bits per heavy atom. The van der Waals surface area contributed by atoms with Gasteiger partial charge in [0.1, 0.15) is 5.75 Å². The average Bonchev–Trinajstić information content (AvgIpc) is 2.56. The maximum Gasteiger partial charge on any atom is 0.224 e. The molecule has 2 amide bonds. The molecule has 0 spiro atoms. The Hall–Kier alpha value is -2.04. The monoisotopic (exact) mass is 332 g/mol. The topological polar surface area (TPSA) is 58.6 Å². The Balaban J connectivity index is 1.75. The van der Waals surface area contributed by atoms with E-state index < -0.39 is 0 Å². The van der Waals surface area contributed by atoms with E-state index in [-0.39, 0.29) is 23.8 Å². The molecular weight excluding hydrogens is 304 g/mol. The van der Waals surface area contributed by atoms with Gasteiger partial charge in [-0.05, 0) is 50.8 Å². The van der Waals surface area contributed by atoms with Crippen molar-refractivity contribution in [2.24, 2.45) is 5.92 Å². The number of carbonyl (C=O) groups excluding carboxylic acids is 2. The first-order valence-electron chi connectivity index (χ1n) is 8.74. The van der Waals surface area contributed by atoms with Crippen LogP contribution in [0, 0.1) is 5.92 Å². The molecule has 1 unspecified atom stereocenters. The second-order valence-corrected chi connectivity index (χ2v) is 6.66. The first-order valence-corrected chi connectivity index (χ1v) is 8.74. The van der Waals surface area contributed by atoms with Gasteiger partial charge in [-0.3, -0.25) is 9.59 Å². The minimum atomic E-state index is -0.0792. The quantitative estimate of drug-likeness (QED) is 0.870. The van der Waals surface area contributed by atoms with Gasteiger partial charge in [0.2, 0.25) is 11.8 Å². The second kappa shape index (κ2) is 8.71. The molecule has 1 N–H and O–H groups in total. The molecule has 1 heterocycles. The molecule has 0 aromatic heterocycles. The van der Waals surface area contributed by atoms with Crippen LogP contribution >= 0.6 is 0 Å². The van der Waals surface area contributed by atoms with Crippen LogP contribution in [-0.4, -0.2) is 42.5 Å². The average molecular weight is 332 g/mol. The summed E-state index contributed by atoms with van der Waals surface area (Å²) in [6.07, 6.45) is 2.71. The van der Waals surface area contributed by atoms with Gasteiger partial charge < -0.3 is 15.0 Å². The minimum Gasteiger partial charge on any atom is -0.491 e. The summed E-state index contributed by atoms with van der Waals surface area (Å²) in [6.45, 7) is 7.49. The fourth-order valence-corrected chi connectivity index (χ4v) is 2.96. The summed E-state index contributed by atoms with van der Waals surface area (Å²) in [6, 6.07) is 7.98. The van der Waals surface area contributed by atoms with Crippen molar-refractivity contribution in [3.63, 3.8) is 0 Å². The van der Waals surface area contributed by atoms with Gasteiger partial charge in [-0.25, -0.2) is 0 Å². The van der Waals surface area contributed by atoms with Crippen molar-refractivity contribution in [3.8, 4) is 5.75 Å². The van der Waals surface area contributed by atoms with E-state index in [1.165, 1.54) is 5.56 Å². The molecule has 1 fully saturated rings. The van der Waals surface area contributed by atoms with Gasteiger partial charge in [0.15, 0.2) is 0 Å². The maximum absolute atomic E-state index is 12.3. The van der Waals surface area contributed by atoms with Crippen LogP contribution in [0.3, 0.4) is 0 Å². The van der Waals surface area contributed by atoms with Crippen LogP contribution in [0.5, 0.6) is 5.75 Å². The lowest BCUT2D eigenvalue weighted by Gasteiger charge is -2.31. The molecule has 2 rings (SSSR count). The summed E-state index contributed by atoms with van der Waals surface area (Å²) in [5.74, 6) is 0.894. The first-order chi connectivity index (χ1) is 11.5. The normalized spacial score (nSPS) is 17.7. The predicted molar refractivity (Wildman–Crippen MR) is 93.9 cm³/mol. The standard InChI is InChI=1S/C19H28N2O3/c1-14(2)24-18-8-6-16(7-9-18)10-11-20-19(23)17-5-4-12-21(13-17)15(3)22/h6-9,14,17H,4-5,10-13H2,1-3H3,(H,20,23). The van der Waals surface area contributed by atoms with Crippen molar-refractivity contribution in [1.82, 2.24) is 10.2 Å². The van der Waals surface area contributed by atoms with E-state index in [4.69, 9.17) is 4.74 Å². The van der Waals surface area contributed by atoms with E-state index in [1.54, 1.807) is 11.8 Å². The number of ether oxygens (including phenoxy) is 1. The van der Waals surface area contributed by atoms with Crippen LogP contribution in [0.15, 0.2) is 24.3 Å². The Morgan fingerprint density at radius 3 is 2.62 bits per heavy atom.